The van der Waals surface area contributed by atoms with Crippen LogP contribution in [0.3, 0.4) is 0 Å². The molecule has 2 heterocycles. The first-order valence-corrected chi connectivity index (χ1v) is 24.2. The van der Waals surface area contributed by atoms with Gasteiger partial charge in [0, 0.05) is 33.5 Å². The standard InChI is InChI=1S/C67H44N2O2/c1-3-19-45(20-4-1)46-39-41-49(42-40-46)68(59-33-17-37-63-65(59)55-29-9-13-35-61(55)70-63)51-25-16-26-52(44-51)69(60-34-18-38-64-66(60)56-30-10-14-36-62(56)71-64)50-24-15-23-48(43-50)67(47-21-5-2-6-22-47)57-31-11-7-27-53(57)54-28-8-12-32-58(54)67/h1-44H. The fourth-order valence-corrected chi connectivity index (χ4v) is 11.5. The third kappa shape index (κ3) is 6.39. The first-order chi connectivity index (χ1) is 35.2. The fraction of sp³-hybridized carbons (Fsp3) is 0.0149. The first kappa shape index (κ1) is 40.7. The van der Waals surface area contributed by atoms with Gasteiger partial charge in [-0.05, 0) is 123 Å². The summed E-state index contributed by atoms with van der Waals surface area (Å²) >= 11 is 0. The average molecular weight is 909 g/mol. The van der Waals surface area contributed by atoms with E-state index in [2.05, 4.69) is 265 Å². The van der Waals surface area contributed by atoms with Crippen molar-refractivity contribution in [2.75, 3.05) is 9.80 Å². The number of nitrogens with zero attached hydrogens (tertiary/aromatic N) is 2. The maximum atomic E-state index is 6.62. The summed E-state index contributed by atoms with van der Waals surface area (Å²) < 4.78 is 13.1. The van der Waals surface area contributed by atoms with Crippen LogP contribution in [0, 0.1) is 0 Å². The Morgan fingerprint density at radius 2 is 0.704 bits per heavy atom. The van der Waals surface area contributed by atoms with Gasteiger partial charge in [0.2, 0.25) is 0 Å². The molecule has 0 unspecified atom stereocenters. The van der Waals surface area contributed by atoms with Crippen LogP contribution in [0.15, 0.2) is 276 Å². The van der Waals surface area contributed by atoms with Crippen molar-refractivity contribution >= 4 is 78.0 Å². The van der Waals surface area contributed by atoms with Crippen molar-refractivity contribution < 1.29 is 8.83 Å². The Kier molecular flexibility index (Phi) is 9.39. The molecule has 14 rings (SSSR count). The summed E-state index contributed by atoms with van der Waals surface area (Å²) in [5.41, 5.74) is 18.7. The van der Waals surface area contributed by atoms with Gasteiger partial charge >= 0.3 is 0 Å². The van der Waals surface area contributed by atoms with E-state index in [9.17, 15) is 0 Å². The third-order valence-corrected chi connectivity index (χ3v) is 14.5. The van der Waals surface area contributed by atoms with Gasteiger partial charge in [-0.15, -0.1) is 0 Å². The minimum atomic E-state index is -0.582. The summed E-state index contributed by atoms with van der Waals surface area (Å²) in [4.78, 5) is 4.80. The van der Waals surface area contributed by atoms with Gasteiger partial charge in [-0.3, -0.25) is 0 Å². The Morgan fingerprint density at radius 3 is 1.30 bits per heavy atom. The fourth-order valence-electron chi connectivity index (χ4n) is 11.5. The van der Waals surface area contributed by atoms with E-state index in [-0.39, 0.29) is 0 Å². The SMILES string of the molecule is c1ccc(-c2ccc(N(c3cccc(N(c4cccc(C5(c6ccccc6)c6ccccc6-c6ccccc65)c4)c4cccc5oc6ccccc6c45)c3)c3cccc4oc5ccccc5c34)cc2)cc1. The number of furan rings is 2. The third-order valence-electron chi connectivity index (χ3n) is 14.5. The number of anilines is 6. The van der Waals surface area contributed by atoms with Gasteiger partial charge < -0.3 is 18.6 Å². The van der Waals surface area contributed by atoms with Crippen LogP contribution in [0.5, 0.6) is 0 Å². The molecule has 0 saturated carbocycles. The molecule has 4 heteroatoms. The molecule has 0 saturated heterocycles. The molecular weight excluding hydrogens is 865 g/mol. The van der Waals surface area contributed by atoms with Crippen LogP contribution in [0.1, 0.15) is 22.3 Å². The number of rotatable bonds is 9. The second-order valence-corrected chi connectivity index (χ2v) is 18.4. The van der Waals surface area contributed by atoms with Crippen molar-refractivity contribution in [2.24, 2.45) is 0 Å². The zero-order valence-corrected chi connectivity index (χ0v) is 38.6. The molecule has 4 nitrogen and oxygen atoms in total. The van der Waals surface area contributed by atoms with Gasteiger partial charge in [0.25, 0.3) is 0 Å². The largest absolute Gasteiger partial charge is 0.456 e. The van der Waals surface area contributed by atoms with Crippen LogP contribution >= 0.6 is 0 Å². The highest BCUT2D eigenvalue weighted by atomic mass is 16.3. The molecule has 1 aliphatic carbocycles. The Hall–Kier alpha value is -9.38. The van der Waals surface area contributed by atoms with Crippen molar-refractivity contribution in [3.63, 3.8) is 0 Å². The van der Waals surface area contributed by atoms with Gasteiger partial charge in [0.15, 0.2) is 0 Å². The van der Waals surface area contributed by atoms with Crippen molar-refractivity contribution in [1.29, 1.82) is 0 Å². The van der Waals surface area contributed by atoms with E-state index >= 15 is 0 Å². The maximum absolute atomic E-state index is 6.62. The maximum Gasteiger partial charge on any atom is 0.137 e. The van der Waals surface area contributed by atoms with E-state index in [1.165, 1.54) is 38.9 Å². The highest BCUT2D eigenvalue weighted by molar-refractivity contribution is 6.15. The van der Waals surface area contributed by atoms with Crippen LogP contribution in [-0.2, 0) is 5.41 Å². The highest BCUT2D eigenvalue weighted by Crippen LogP contribution is 2.57. The number of fused-ring (bicyclic) bond motifs is 9. The van der Waals surface area contributed by atoms with Gasteiger partial charge in [-0.2, -0.15) is 0 Å². The molecule has 334 valence electrons. The Bertz CT molecular complexity index is 4090. The van der Waals surface area contributed by atoms with Gasteiger partial charge in [-0.25, -0.2) is 0 Å². The van der Waals surface area contributed by atoms with E-state index < -0.39 is 5.41 Å². The number of benzene rings is 11. The van der Waals surface area contributed by atoms with E-state index in [1.54, 1.807) is 0 Å². The molecule has 0 amide bonds. The van der Waals surface area contributed by atoms with Crippen LogP contribution in [0.2, 0.25) is 0 Å². The molecule has 0 N–H and O–H groups in total. The van der Waals surface area contributed by atoms with Crippen molar-refractivity contribution in [2.45, 2.75) is 5.41 Å². The lowest BCUT2D eigenvalue weighted by Gasteiger charge is -2.35. The monoisotopic (exact) mass is 908 g/mol. The lowest BCUT2D eigenvalue weighted by molar-refractivity contribution is 0.668. The lowest BCUT2D eigenvalue weighted by atomic mass is 9.67. The van der Waals surface area contributed by atoms with Crippen LogP contribution in [0.25, 0.3) is 66.1 Å². The van der Waals surface area contributed by atoms with Crippen LogP contribution in [0.4, 0.5) is 34.1 Å². The van der Waals surface area contributed by atoms with E-state index in [1.807, 2.05) is 12.1 Å². The topological polar surface area (TPSA) is 32.8 Å². The quantitative estimate of drug-likeness (QED) is 0.144. The predicted molar refractivity (Wildman–Crippen MR) is 293 cm³/mol. The zero-order chi connectivity index (χ0) is 46.9. The summed E-state index contributed by atoms with van der Waals surface area (Å²) in [5, 5.41) is 4.24. The molecule has 1 aliphatic rings. The molecule has 2 aromatic heterocycles. The number of hydrogen-bond acceptors (Lipinski definition) is 4. The van der Waals surface area contributed by atoms with E-state index in [0.29, 0.717) is 0 Å². The second kappa shape index (κ2) is 16.4. The summed E-state index contributed by atoms with van der Waals surface area (Å²) in [6, 6.07) is 96.0. The molecule has 0 radical (unpaired) electrons. The Labute approximate surface area is 411 Å². The molecule has 11 aromatic carbocycles. The molecule has 0 bridgehead atoms. The first-order valence-electron chi connectivity index (χ1n) is 24.2. The van der Waals surface area contributed by atoms with Gasteiger partial charge in [0.05, 0.1) is 27.6 Å². The Morgan fingerprint density at radius 1 is 0.282 bits per heavy atom. The highest BCUT2D eigenvalue weighted by Gasteiger charge is 2.46. The van der Waals surface area contributed by atoms with Gasteiger partial charge in [-0.1, -0.05) is 188 Å². The minimum Gasteiger partial charge on any atom is -0.456 e. The summed E-state index contributed by atoms with van der Waals surface area (Å²) in [7, 11) is 0. The molecule has 0 spiro atoms. The predicted octanol–water partition coefficient (Wildman–Crippen LogP) is 18.5. The zero-order valence-electron chi connectivity index (χ0n) is 38.6. The summed E-state index contributed by atoms with van der Waals surface area (Å²) in [5.74, 6) is 0. The van der Waals surface area contributed by atoms with Crippen molar-refractivity contribution in [3.8, 4) is 22.3 Å². The molecule has 0 atom stereocenters. The molecular formula is C67H44N2O2. The van der Waals surface area contributed by atoms with Crippen LogP contribution < -0.4 is 9.80 Å². The molecule has 71 heavy (non-hydrogen) atoms. The van der Waals surface area contributed by atoms with Crippen molar-refractivity contribution in [3.05, 3.63) is 289 Å². The summed E-state index contributed by atoms with van der Waals surface area (Å²) in [6.07, 6.45) is 0. The lowest BCUT2D eigenvalue weighted by Crippen LogP contribution is -2.28. The van der Waals surface area contributed by atoms with Crippen molar-refractivity contribution in [1.82, 2.24) is 0 Å². The summed E-state index contributed by atoms with van der Waals surface area (Å²) in [6.45, 7) is 0. The smallest absolute Gasteiger partial charge is 0.137 e. The molecule has 0 aliphatic heterocycles. The Balaban J connectivity index is 1.02. The number of para-hydroxylation sites is 2. The molecule has 13 aromatic rings. The normalized spacial score (nSPS) is 12.6. The van der Waals surface area contributed by atoms with E-state index in [0.717, 1.165) is 83.6 Å². The van der Waals surface area contributed by atoms with E-state index in [4.69, 9.17) is 8.83 Å². The second-order valence-electron chi connectivity index (χ2n) is 18.4. The minimum absolute atomic E-state index is 0.582. The average Bonchev–Trinajstić information content (AvgIpc) is 4.12. The van der Waals surface area contributed by atoms with Gasteiger partial charge in [0.1, 0.15) is 22.3 Å². The number of hydrogen-bond donors (Lipinski definition) is 0. The van der Waals surface area contributed by atoms with Crippen LogP contribution in [-0.4, -0.2) is 0 Å². The molecule has 0 fully saturated rings.